The van der Waals surface area contributed by atoms with Crippen LogP contribution in [0.5, 0.6) is 5.75 Å². The topological polar surface area (TPSA) is 57.5 Å². The molecule has 0 amide bonds. The Morgan fingerprint density at radius 2 is 1.94 bits per heavy atom. The molecule has 3 nitrogen and oxygen atoms in total. The number of aromatic carboxylic acids is 1. The van der Waals surface area contributed by atoms with Crippen LogP contribution in [0.3, 0.4) is 0 Å². The van der Waals surface area contributed by atoms with Crippen molar-refractivity contribution in [1.29, 1.82) is 0 Å². The van der Waals surface area contributed by atoms with Gasteiger partial charge in [0.1, 0.15) is 10.6 Å². The van der Waals surface area contributed by atoms with Crippen molar-refractivity contribution >= 4 is 17.3 Å². The van der Waals surface area contributed by atoms with E-state index in [1.165, 1.54) is 11.3 Å². The first kappa shape index (κ1) is 10.7. The highest BCUT2D eigenvalue weighted by Gasteiger charge is 2.12. The summed E-state index contributed by atoms with van der Waals surface area (Å²) in [7, 11) is 0. The SMILES string of the molecule is O=C(O)c1sccc1Cc1ccccc1O. The third kappa shape index (κ3) is 2.06. The standard InChI is InChI=1S/C12H10O3S/c13-10-4-2-1-3-8(10)7-9-5-6-16-11(9)12(14)15/h1-6,13H,7H2,(H,14,15). The van der Waals surface area contributed by atoms with Crippen molar-refractivity contribution in [2.75, 3.05) is 0 Å². The van der Waals surface area contributed by atoms with Crippen molar-refractivity contribution < 1.29 is 15.0 Å². The fourth-order valence-corrected chi connectivity index (χ4v) is 2.29. The monoisotopic (exact) mass is 234 g/mol. The van der Waals surface area contributed by atoms with E-state index in [-0.39, 0.29) is 5.75 Å². The number of para-hydroxylation sites is 1. The number of hydrogen-bond acceptors (Lipinski definition) is 3. The van der Waals surface area contributed by atoms with Crippen LogP contribution in [0.1, 0.15) is 20.8 Å². The number of hydrogen-bond donors (Lipinski definition) is 2. The number of aromatic hydroxyl groups is 1. The maximum absolute atomic E-state index is 10.9. The number of rotatable bonds is 3. The van der Waals surface area contributed by atoms with E-state index in [4.69, 9.17) is 5.11 Å². The van der Waals surface area contributed by atoms with Crippen LogP contribution in [0.2, 0.25) is 0 Å². The van der Waals surface area contributed by atoms with Crippen LogP contribution >= 0.6 is 11.3 Å². The van der Waals surface area contributed by atoms with Gasteiger partial charge in [0.2, 0.25) is 0 Å². The summed E-state index contributed by atoms with van der Waals surface area (Å²) in [4.78, 5) is 11.2. The number of carboxylic acids is 1. The fourth-order valence-electron chi connectivity index (χ4n) is 1.53. The lowest BCUT2D eigenvalue weighted by atomic mass is 10.0. The van der Waals surface area contributed by atoms with Gasteiger partial charge in [-0.05, 0) is 28.6 Å². The fraction of sp³-hybridized carbons (Fsp3) is 0.0833. The third-order valence-electron chi connectivity index (χ3n) is 2.31. The zero-order chi connectivity index (χ0) is 11.5. The molecule has 16 heavy (non-hydrogen) atoms. The van der Waals surface area contributed by atoms with Crippen LogP contribution in [0.4, 0.5) is 0 Å². The lowest BCUT2D eigenvalue weighted by Gasteiger charge is -2.03. The van der Waals surface area contributed by atoms with Crippen LogP contribution in [-0.2, 0) is 6.42 Å². The quantitative estimate of drug-likeness (QED) is 0.858. The van der Waals surface area contributed by atoms with Crippen molar-refractivity contribution in [3.05, 3.63) is 51.7 Å². The molecular formula is C12H10O3S. The summed E-state index contributed by atoms with van der Waals surface area (Å²) < 4.78 is 0. The predicted octanol–water partition coefficient (Wildman–Crippen LogP) is 2.74. The molecule has 1 heterocycles. The van der Waals surface area contributed by atoms with E-state index in [9.17, 15) is 9.90 Å². The lowest BCUT2D eigenvalue weighted by Crippen LogP contribution is -1.98. The van der Waals surface area contributed by atoms with E-state index < -0.39 is 5.97 Å². The smallest absolute Gasteiger partial charge is 0.346 e. The Hall–Kier alpha value is -1.81. The van der Waals surface area contributed by atoms with E-state index in [0.717, 1.165) is 11.1 Å². The number of benzene rings is 1. The number of thiophene rings is 1. The molecule has 0 aliphatic heterocycles. The van der Waals surface area contributed by atoms with Crippen LogP contribution in [-0.4, -0.2) is 16.2 Å². The van der Waals surface area contributed by atoms with Crippen molar-refractivity contribution in [3.63, 3.8) is 0 Å². The summed E-state index contributed by atoms with van der Waals surface area (Å²) >= 11 is 1.20. The Morgan fingerprint density at radius 3 is 2.62 bits per heavy atom. The zero-order valence-corrected chi connectivity index (χ0v) is 9.20. The van der Waals surface area contributed by atoms with E-state index in [2.05, 4.69) is 0 Å². The lowest BCUT2D eigenvalue weighted by molar-refractivity contribution is 0.0701. The van der Waals surface area contributed by atoms with Crippen molar-refractivity contribution in [2.24, 2.45) is 0 Å². The highest BCUT2D eigenvalue weighted by molar-refractivity contribution is 7.12. The van der Waals surface area contributed by atoms with Gasteiger partial charge in [-0.25, -0.2) is 4.79 Å². The predicted molar refractivity (Wildman–Crippen MR) is 62.2 cm³/mol. The average Bonchev–Trinajstić information content (AvgIpc) is 2.69. The van der Waals surface area contributed by atoms with Gasteiger partial charge in [-0.2, -0.15) is 0 Å². The van der Waals surface area contributed by atoms with Gasteiger partial charge < -0.3 is 10.2 Å². The van der Waals surface area contributed by atoms with Gasteiger partial charge in [0.05, 0.1) is 0 Å². The number of phenols is 1. The summed E-state index contributed by atoms with van der Waals surface area (Å²) in [5, 5.41) is 20.3. The molecule has 2 rings (SSSR count). The van der Waals surface area contributed by atoms with Gasteiger partial charge in [0.25, 0.3) is 0 Å². The highest BCUT2D eigenvalue weighted by Crippen LogP contribution is 2.24. The first-order valence-electron chi connectivity index (χ1n) is 4.75. The number of phenolic OH excluding ortho intramolecular Hbond substituents is 1. The summed E-state index contributed by atoms with van der Waals surface area (Å²) in [6.45, 7) is 0. The van der Waals surface area contributed by atoms with Crippen LogP contribution in [0.15, 0.2) is 35.7 Å². The maximum Gasteiger partial charge on any atom is 0.346 e. The molecule has 0 saturated carbocycles. The molecule has 82 valence electrons. The molecule has 0 aliphatic rings. The van der Waals surface area contributed by atoms with Crippen LogP contribution in [0, 0.1) is 0 Å². The summed E-state index contributed by atoms with van der Waals surface area (Å²) in [5.74, 6) is -0.717. The molecule has 1 aromatic heterocycles. The highest BCUT2D eigenvalue weighted by atomic mass is 32.1. The second-order valence-electron chi connectivity index (χ2n) is 3.39. The second kappa shape index (κ2) is 4.37. The van der Waals surface area contributed by atoms with Gasteiger partial charge >= 0.3 is 5.97 Å². The van der Waals surface area contributed by atoms with Crippen LogP contribution < -0.4 is 0 Å². The van der Waals surface area contributed by atoms with Crippen molar-refractivity contribution in [1.82, 2.24) is 0 Å². The molecule has 0 fully saturated rings. The average molecular weight is 234 g/mol. The molecule has 0 unspecified atom stereocenters. The molecule has 0 spiro atoms. The minimum absolute atomic E-state index is 0.199. The molecule has 2 N–H and O–H groups in total. The third-order valence-corrected chi connectivity index (χ3v) is 3.26. The molecule has 0 saturated heterocycles. The van der Waals surface area contributed by atoms with Gasteiger partial charge in [-0.3, -0.25) is 0 Å². The minimum Gasteiger partial charge on any atom is -0.508 e. The van der Waals surface area contributed by atoms with E-state index in [1.807, 2.05) is 6.07 Å². The summed E-state index contributed by atoms with van der Waals surface area (Å²) in [6.07, 6.45) is 0.442. The Bertz CT molecular complexity index is 516. The van der Waals surface area contributed by atoms with Gasteiger partial charge in [0.15, 0.2) is 0 Å². The summed E-state index contributed by atoms with van der Waals surface area (Å²) in [5.41, 5.74) is 1.47. The molecule has 4 heteroatoms. The Labute approximate surface area is 96.6 Å². The van der Waals surface area contributed by atoms with Crippen molar-refractivity contribution in [3.8, 4) is 5.75 Å². The molecular weight excluding hydrogens is 224 g/mol. The van der Waals surface area contributed by atoms with Crippen molar-refractivity contribution in [2.45, 2.75) is 6.42 Å². The Morgan fingerprint density at radius 1 is 1.19 bits per heavy atom. The molecule has 0 radical (unpaired) electrons. The number of carbonyl (C=O) groups is 1. The van der Waals surface area contributed by atoms with Gasteiger partial charge in [-0.1, -0.05) is 18.2 Å². The molecule has 2 aromatic rings. The summed E-state index contributed by atoms with van der Waals surface area (Å²) in [6, 6.07) is 8.73. The normalized spacial score (nSPS) is 10.2. The Balaban J connectivity index is 2.31. The first-order valence-corrected chi connectivity index (χ1v) is 5.63. The van der Waals surface area contributed by atoms with E-state index in [1.54, 1.807) is 29.6 Å². The van der Waals surface area contributed by atoms with E-state index in [0.29, 0.717) is 11.3 Å². The van der Waals surface area contributed by atoms with Gasteiger partial charge in [0, 0.05) is 6.42 Å². The van der Waals surface area contributed by atoms with E-state index >= 15 is 0 Å². The second-order valence-corrected chi connectivity index (χ2v) is 4.30. The Kier molecular flexibility index (Phi) is 2.92. The molecule has 1 aromatic carbocycles. The number of carboxylic acid groups (broad SMARTS) is 1. The maximum atomic E-state index is 10.9. The molecule has 0 bridgehead atoms. The van der Waals surface area contributed by atoms with Gasteiger partial charge in [-0.15, -0.1) is 11.3 Å². The first-order chi connectivity index (χ1) is 7.68. The molecule has 0 atom stereocenters. The minimum atomic E-state index is -0.916. The molecule has 0 aliphatic carbocycles. The largest absolute Gasteiger partial charge is 0.508 e. The van der Waals surface area contributed by atoms with Crippen LogP contribution in [0.25, 0.3) is 0 Å². The zero-order valence-electron chi connectivity index (χ0n) is 8.38.